The van der Waals surface area contributed by atoms with Crippen molar-refractivity contribution in [2.75, 3.05) is 18.1 Å². The SMILES string of the molecule is O=C(N[C@@]1(CO)CSC/C1=N\O)c1ccccc1. The molecule has 1 heterocycles. The number of hydrogen-bond donors (Lipinski definition) is 3. The summed E-state index contributed by atoms with van der Waals surface area (Å²) in [6.07, 6.45) is 0. The maximum atomic E-state index is 12.1. The Morgan fingerprint density at radius 2 is 2.17 bits per heavy atom. The number of carbonyl (C=O) groups is 1. The topological polar surface area (TPSA) is 81.9 Å². The van der Waals surface area contributed by atoms with E-state index < -0.39 is 5.54 Å². The van der Waals surface area contributed by atoms with Gasteiger partial charge in [-0.1, -0.05) is 23.4 Å². The van der Waals surface area contributed by atoms with Crippen LogP contribution in [0.3, 0.4) is 0 Å². The summed E-state index contributed by atoms with van der Waals surface area (Å²) >= 11 is 1.51. The highest BCUT2D eigenvalue weighted by molar-refractivity contribution is 8.00. The zero-order valence-electron chi connectivity index (χ0n) is 9.67. The number of thioether (sulfide) groups is 1. The Labute approximate surface area is 109 Å². The van der Waals surface area contributed by atoms with Crippen molar-refractivity contribution in [1.29, 1.82) is 0 Å². The van der Waals surface area contributed by atoms with Gasteiger partial charge in [-0.05, 0) is 12.1 Å². The fourth-order valence-electron chi connectivity index (χ4n) is 1.83. The Morgan fingerprint density at radius 3 is 2.78 bits per heavy atom. The van der Waals surface area contributed by atoms with E-state index in [1.54, 1.807) is 24.3 Å². The summed E-state index contributed by atoms with van der Waals surface area (Å²) in [6, 6.07) is 8.75. The molecule has 1 amide bonds. The van der Waals surface area contributed by atoms with Crippen molar-refractivity contribution in [3.05, 3.63) is 35.9 Å². The minimum Gasteiger partial charge on any atom is -0.411 e. The maximum absolute atomic E-state index is 12.1. The minimum atomic E-state index is -0.952. The van der Waals surface area contributed by atoms with Gasteiger partial charge in [0.15, 0.2) is 0 Å². The van der Waals surface area contributed by atoms with Crippen molar-refractivity contribution < 1.29 is 15.1 Å². The van der Waals surface area contributed by atoms with Crippen LogP contribution in [-0.4, -0.2) is 45.6 Å². The fourth-order valence-corrected chi connectivity index (χ4v) is 3.14. The van der Waals surface area contributed by atoms with Gasteiger partial charge in [-0.25, -0.2) is 0 Å². The average molecular weight is 266 g/mol. The number of amides is 1. The van der Waals surface area contributed by atoms with Crippen LogP contribution in [0.5, 0.6) is 0 Å². The normalized spacial score (nSPS) is 25.3. The lowest BCUT2D eigenvalue weighted by atomic mass is 9.97. The van der Waals surface area contributed by atoms with Gasteiger partial charge in [0.25, 0.3) is 5.91 Å². The first-order valence-electron chi connectivity index (χ1n) is 5.49. The quantitative estimate of drug-likeness (QED) is 0.556. The highest BCUT2D eigenvalue weighted by atomic mass is 32.2. The molecule has 0 unspecified atom stereocenters. The van der Waals surface area contributed by atoms with Gasteiger partial charge in [-0.3, -0.25) is 4.79 Å². The van der Waals surface area contributed by atoms with Gasteiger partial charge < -0.3 is 15.6 Å². The summed E-state index contributed by atoms with van der Waals surface area (Å²) in [5.41, 5.74) is -0.0365. The molecule has 1 aliphatic rings. The second-order valence-electron chi connectivity index (χ2n) is 4.10. The van der Waals surface area contributed by atoms with Crippen molar-refractivity contribution in [2.45, 2.75) is 5.54 Å². The number of rotatable bonds is 3. The lowest BCUT2D eigenvalue weighted by Gasteiger charge is -2.27. The maximum Gasteiger partial charge on any atom is 0.252 e. The molecule has 1 atom stereocenters. The lowest BCUT2D eigenvalue weighted by Crippen LogP contribution is -2.57. The molecule has 0 aliphatic carbocycles. The summed E-state index contributed by atoms with van der Waals surface area (Å²) in [4.78, 5) is 12.1. The first kappa shape index (κ1) is 12.9. The third-order valence-electron chi connectivity index (χ3n) is 2.92. The van der Waals surface area contributed by atoms with Crippen molar-refractivity contribution in [1.82, 2.24) is 5.32 Å². The summed E-state index contributed by atoms with van der Waals surface area (Å²) in [6.45, 7) is -0.280. The van der Waals surface area contributed by atoms with E-state index in [9.17, 15) is 9.90 Å². The molecular weight excluding hydrogens is 252 g/mol. The molecule has 0 aromatic heterocycles. The number of carbonyl (C=O) groups excluding carboxylic acids is 1. The van der Waals surface area contributed by atoms with E-state index in [1.807, 2.05) is 6.07 Å². The molecule has 1 saturated heterocycles. The van der Waals surface area contributed by atoms with Gasteiger partial charge in [0.2, 0.25) is 0 Å². The predicted molar refractivity (Wildman–Crippen MR) is 70.3 cm³/mol. The number of nitrogens with one attached hydrogen (secondary N) is 1. The van der Waals surface area contributed by atoms with Crippen LogP contribution in [0.15, 0.2) is 35.5 Å². The van der Waals surface area contributed by atoms with Crippen LogP contribution >= 0.6 is 11.8 Å². The van der Waals surface area contributed by atoms with Crippen LogP contribution in [0.25, 0.3) is 0 Å². The second kappa shape index (κ2) is 5.41. The van der Waals surface area contributed by atoms with Crippen molar-refractivity contribution in [3.63, 3.8) is 0 Å². The monoisotopic (exact) mass is 266 g/mol. The van der Waals surface area contributed by atoms with Crippen LogP contribution < -0.4 is 5.32 Å². The first-order valence-corrected chi connectivity index (χ1v) is 6.65. The Balaban J connectivity index is 2.19. The van der Waals surface area contributed by atoms with Crippen LogP contribution in [0.1, 0.15) is 10.4 Å². The Kier molecular flexibility index (Phi) is 3.88. The smallest absolute Gasteiger partial charge is 0.252 e. The zero-order chi connectivity index (χ0) is 13.0. The summed E-state index contributed by atoms with van der Waals surface area (Å²) in [5, 5.41) is 24.4. The lowest BCUT2D eigenvalue weighted by molar-refractivity contribution is 0.0901. The molecule has 2 rings (SSSR count). The van der Waals surface area contributed by atoms with E-state index in [1.165, 1.54) is 11.8 Å². The van der Waals surface area contributed by atoms with Crippen LogP contribution in [0.4, 0.5) is 0 Å². The molecule has 18 heavy (non-hydrogen) atoms. The fraction of sp³-hybridized carbons (Fsp3) is 0.333. The van der Waals surface area contributed by atoms with Crippen molar-refractivity contribution in [3.8, 4) is 0 Å². The Morgan fingerprint density at radius 1 is 1.44 bits per heavy atom. The molecule has 1 aromatic carbocycles. The Bertz CT molecular complexity index is 464. The number of aliphatic hydroxyl groups is 1. The van der Waals surface area contributed by atoms with Gasteiger partial charge in [0.1, 0.15) is 5.54 Å². The standard InChI is InChI=1S/C12H14N2O3S/c15-7-12(8-18-6-10(12)14-17)13-11(16)9-4-2-1-3-5-9/h1-5,15,17H,6-8H2,(H,13,16)/b14-10+/t12-/m0/s1. The molecule has 96 valence electrons. The molecule has 0 bridgehead atoms. The molecule has 1 aromatic rings. The van der Waals surface area contributed by atoms with Crippen LogP contribution in [0, 0.1) is 0 Å². The van der Waals surface area contributed by atoms with E-state index in [-0.39, 0.29) is 12.5 Å². The molecule has 5 nitrogen and oxygen atoms in total. The van der Waals surface area contributed by atoms with Crippen molar-refractivity contribution >= 4 is 23.4 Å². The van der Waals surface area contributed by atoms with Gasteiger partial charge in [0, 0.05) is 17.1 Å². The Hall–Kier alpha value is -1.53. The van der Waals surface area contributed by atoms with E-state index in [4.69, 9.17) is 5.21 Å². The van der Waals surface area contributed by atoms with E-state index in [2.05, 4.69) is 10.5 Å². The largest absolute Gasteiger partial charge is 0.411 e. The molecular formula is C12H14N2O3S. The van der Waals surface area contributed by atoms with Gasteiger partial charge >= 0.3 is 0 Å². The third-order valence-corrected chi connectivity index (χ3v) is 4.09. The third kappa shape index (κ3) is 2.34. The molecule has 0 spiro atoms. The highest BCUT2D eigenvalue weighted by Crippen LogP contribution is 2.26. The molecule has 3 N–H and O–H groups in total. The molecule has 0 saturated carbocycles. The first-order chi connectivity index (χ1) is 8.72. The molecule has 0 radical (unpaired) electrons. The predicted octanol–water partition coefficient (Wildman–Crippen LogP) is 0.724. The number of hydrogen-bond acceptors (Lipinski definition) is 5. The second-order valence-corrected chi connectivity index (χ2v) is 5.09. The van der Waals surface area contributed by atoms with Gasteiger partial charge in [-0.2, -0.15) is 11.8 Å². The van der Waals surface area contributed by atoms with E-state index in [0.29, 0.717) is 22.8 Å². The summed E-state index contributed by atoms with van der Waals surface area (Å²) in [5.74, 6) is 0.724. The van der Waals surface area contributed by atoms with Crippen molar-refractivity contribution in [2.24, 2.45) is 5.16 Å². The minimum absolute atomic E-state index is 0.280. The van der Waals surface area contributed by atoms with Crippen LogP contribution in [-0.2, 0) is 0 Å². The van der Waals surface area contributed by atoms with Crippen LogP contribution in [0.2, 0.25) is 0 Å². The number of benzene rings is 1. The number of oxime groups is 1. The van der Waals surface area contributed by atoms with E-state index >= 15 is 0 Å². The average Bonchev–Trinajstić information content (AvgIpc) is 2.83. The molecule has 6 heteroatoms. The van der Waals surface area contributed by atoms with Gasteiger partial charge in [0.05, 0.1) is 12.3 Å². The summed E-state index contributed by atoms with van der Waals surface area (Å²) < 4.78 is 0. The number of nitrogens with zero attached hydrogens (tertiary/aromatic N) is 1. The molecule has 1 aliphatic heterocycles. The zero-order valence-corrected chi connectivity index (χ0v) is 10.5. The highest BCUT2D eigenvalue weighted by Gasteiger charge is 2.42. The summed E-state index contributed by atoms with van der Waals surface area (Å²) in [7, 11) is 0. The molecule has 1 fully saturated rings. The van der Waals surface area contributed by atoms with Gasteiger partial charge in [-0.15, -0.1) is 0 Å². The number of aliphatic hydroxyl groups excluding tert-OH is 1. The van der Waals surface area contributed by atoms with E-state index in [0.717, 1.165) is 0 Å².